The van der Waals surface area contributed by atoms with Gasteiger partial charge in [-0.2, -0.15) is 13.2 Å². The first kappa shape index (κ1) is 18.2. The van der Waals surface area contributed by atoms with Gasteiger partial charge in [0.25, 0.3) is 5.69 Å². The molecule has 0 amide bonds. The molecule has 0 aromatic heterocycles. The maximum atomic E-state index is 12.6. The highest BCUT2D eigenvalue weighted by molar-refractivity contribution is 5.51. The van der Waals surface area contributed by atoms with Crippen molar-refractivity contribution in [3.8, 4) is 0 Å². The normalized spacial score (nSPS) is 15.9. The number of quaternary nitrogens is 1. The Labute approximate surface area is 148 Å². The monoisotopic (exact) mass is 366 g/mol. The Morgan fingerprint density at radius 2 is 1.58 bits per heavy atom. The summed E-state index contributed by atoms with van der Waals surface area (Å²) in [5, 5.41) is 10.7. The zero-order valence-corrected chi connectivity index (χ0v) is 14.0. The van der Waals surface area contributed by atoms with Crippen molar-refractivity contribution >= 4 is 11.4 Å². The molecule has 0 unspecified atom stereocenters. The molecule has 2 aromatic rings. The van der Waals surface area contributed by atoms with Gasteiger partial charge in [-0.3, -0.25) is 10.1 Å². The standard InChI is InChI=1S/C18H18F3N3O2/c19-18(20,21)15-3-1-14(2-4-15)13-22-9-11-23(12-10-22)16-5-7-17(8-6-16)24(25)26/h1-8H,9-13H2/p+1. The Morgan fingerprint density at radius 1 is 1.00 bits per heavy atom. The van der Waals surface area contributed by atoms with E-state index in [0.717, 1.165) is 49.6 Å². The molecular weight excluding hydrogens is 347 g/mol. The van der Waals surface area contributed by atoms with Crippen molar-refractivity contribution in [2.45, 2.75) is 12.7 Å². The summed E-state index contributed by atoms with van der Waals surface area (Å²) in [6.07, 6.45) is -4.30. The molecule has 0 aliphatic carbocycles. The number of rotatable bonds is 4. The van der Waals surface area contributed by atoms with Gasteiger partial charge in [0.05, 0.1) is 36.7 Å². The number of nitro benzene ring substituents is 1. The summed E-state index contributed by atoms with van der Waals surface area (Å²) in [6.45, 7) is 4.00. The number of hydrogen-bond donors (Lipinski definition) is 1. The van der Waals surface area contributed by atoms with E-state index < -0.39 is 16.7 Å². The summed E-state index contributed by atoms with van der Waals surface area (Å²) in [7, 11) is 0. The first-order valence-electron chi connectivity index (χ1n) is 8.32. The largest absolute Gasteiger partial charge is 0.416 e. The predicted molar refractivity (Wildman–Crippen MR) is 91.2 cm³/mol. The Hall–Kier alpha value is -2.61. The van der Waals surface area contributed by atoms with Crippen LogP contribution in [0.5, 0.6) is 0 Å². The molecule has 1 saturated heterocycles. The summed E-state index contributed by atoms with van der Waals surface area (Å²) in [5.74, 6) is 0. The van der Waals surface area contributed by atoms with Gasteiger partial charge in [-0.05, 0) is 24.3 Å². The van der Waals surface area contributed by atoms with Crippen LogP contribution in [-0.2, 0) is 12.7 Å². The molecule has 1 N–H and O–H groups in total. The molecule has 3 rings (SSSR count). The van der Waals surface area contributed by atoms with E-state index in [1.54, 1.807) is 24.3 Å². The van der Waals surface area contributed by atoms with Crippen LogP contribution in [0.4, 0.5) is 24.5 Å². The zero-order chi connectivity index (χ0) is 18.7. The third kappa shape index (κ3) is 4.32. The second-order valence-electron chi connectivity index (χ2n) is 6.38. The molecular formula is C18H19F3N3O2+. The third-order valence-electron chi connectivity index (χ3n) is 4.63. The van der Waals surface area contributed by atoms with Crippen LogP contribution >= 0.6 is 0 Å². The van der Waals surface area contributed by atoms with Gasteiger partial charge in [-0.25, -0.2) is 0 Å². The number of hydrogen-bond acceptors (Lipinski definition) is 3. The van der Waals surface area contributed by atoms with Crippen LogP contribution in [0.1, 0.15) is 11.1 Å². The third-order valence-corrected chi connectivity index (χ3v) is 4.63. The van der Waals surface area contributed by atoms with Crippen LogP contribution in [0.15, 0.2) is 48.5 Å². The van der Waals surface area contributed by atoms with Crippen molar-refractivity contribution < 1.29 is 23.0 Å². The summed E-state index contributed by atoms with van der Waals surface area (Å²) < 4.78 is 37.8. The lowest BCUT2D eigenvalue weighted by molar-refractivity contribution is -0.914. The molecule has 0 spiro atoms. The van der Waals surface area contributed by atoms with Crippen molar-refractivity contribution in [1.82, 2.24) is 0 Å². The molecule has 1 aliphatic heterocycles. The van der Waals surface area contributed by atoms with Crippen LogP contribution in [0.3, 0.4) is 0 Å². The minimum absolute atomic E-state index is 0.0697. The molecule has 1 heterocycles. The van der Waals surface area contributed by atoms with Crippen LogP contribution < -0.4 is 9.80 Å². The lowest BCUT2D eigenvalue weighted by atomic mass is 10.1. The van der Waals surface area contributed by atoms with Gasteiger partial charge >= 0.3 is 6.18 Å². The first-order valence-corrected chi connectivity index (χ1v) is 8.32. The highest BCUT2D eigenvalue weighted by Crippen LogP contribution is 2.29. The number of non-ortho nitro benzene ring substituents is 1. The summed E-state index contributed by atoms with van der Waals surface area (Å²) in [4.78, 5) is 13.8. The molecule has 1 fully saturated rings. The Morgan fingerprint density at radius 3 is 2.08 bits per heavy atom. The van der Waals surface area contributed by atoms with Gasteiger partial charge in [-0.1, -0.05) is 12.1 Å². The number of anilines is 1. The minimum Gasteiger partial charge on any atom is -0.360 e. The minimum atomic E-state index is -4.30. The summed E-state index contributed by atoms with van der Waals surface area (Å²) in [5.41, 5.74) is 1.28. The van der Waals surface area contributed by atoms with E-state index in [2.05, 4.69) is 4.90 Å². The van der Waals surface area contributed by atoms with Crippen LogP contribution in [0.25, 0.3) is 0 Å². The number of nitrogens with zero attached hydrogens (tertiary/aromatic N) is 2. The van der Waals surface area contributed by atoms with Gasteiger partial charge in [-0.15, -0.1) is 0 Å². The lowest BCUT2D eigenvalue weighted by Crippen LogP contribution is -3.13. The van der Waals surface area contributed by atoms with Crippen LogP contribution in [-0.4, -0.2) is 31.1 Å². The van der Waals surface area contributed by atoms with E-state index in [1.165, 1.54) is 17.0 Å². The van der Waals surface area contributed by atoms with Crippen LogP contribution in [0, 0.1) is 10.1 Å². The second-order valence-corrected chi connectivity index (χ2v) is 6.38. The number of halogens is 3. The molecule has 5 nitrogen and oxygen atoms in total. The molecule has 0 saturated carbocycles. The molecule has 2 aromatic carbocycles. The van der Waals surface area contributed by atoms with Crippen molar-refractivity contribution in [3.63, 3.8) is 0 Å². The smallest absolute Gasteiger partial charge is 0.360 e. The first-order chi connectivity index (χ1) is 12.3. The van der Waals surface area contributed by atoms with E-state index >= 15 is 0 Å². The fourth-order valence-electron chi connectivity index (χ4n) is 3.14. The molecule has 8 heteroatoms. The number of nitrogens with one attached hydrogen (secondary N) is 1. The molecule has 0 atom stereocenters. The number of nitro groups is 1. The van der Waals surface area contributed by atoms with Gasteiger partial charge in [0, 0.05) is 23.4 Å². The summed E-state index contributed by atoms with van der Waals surface area (Å²) >= 11 is 0. The predicted octanol–water partition coefficient (Wildman–Crippen LogP) is 2.52. The highest BCUT2D eigenvalue weighted by Gasteiger charge is 2.30. The van der Waals surface area contributed by atoms with E-state index in [0.29, 0.717) is 6.54 Å². The second kappa shape index (κ2) is 7.33. The Kier molecular flexibility index (Phi) is 5.13. The zero-order valence-electron chi connectivity index (χ0n) is 14.0. The van der Waals surface area contributed by atoms with Crippen molar-refractivity contribution in [2.24, 2.45) is 0 Å². The van der Waals surface area contributed by atoms with Gasteiger partial charge < -0.3 is 9.80 Å². The van der Waals surface area contributed by atoms with Crippen LogP contribution in [0.2, 0.25) is 0 Å². The molecule has 26 heavy (non-hydrogen) atoms. The number of alkyl halides is 3. The SMILES string of the molecule is O=[N+]([O-])c1ccc(N2CC[NH+](Cc3ccc(C(F)(F)F)cc3)CC2)cc1. The lowest BCUT2D eigenvalue weighted by Gasteiger charge is -2.33. The van der Waals surface area contributed by atoms with Gasteiger partial charge in [0.2, 0.25) is 0 Å². The maximum Gasteiger partial charge on any atom is 0.416 e. The maximum absolute atomic E-state index is 12.6. The van der Waals surface area contributed by atoms with E-state index in [1.807, 2.05) is 0 Å². The highest BCUT2D eigenvalue weighted by atomic mass is 19.4. The molecule has 1 aliphatic rings. The topological polar surface area (TPSA) is 50.8 Å². The Balaban J connectivity index is 1.54. The van der Waals surface area contributed by atoms with Crippen molar-refractivity contribution in [1.29, 1.82) is 0 Å². The average molecular weight is 366 g/mol. The number of benzene rings is 2. The van der Waals surface area contributed by atoms with Crippen molar-refractivity contribution in [2.75, 3.05) is 31.1 Å². The molecule has 138 valence electrons. The van der Waals surface area contributed by atoms with E-state index in [4.69, 9.17) is 0 Å². The van der Waals surface area contributed by atoms with E-state index in [9.17, 15) is 23.3 Å². The fourth-order valence-corrected chi connectivity index (χ4v) is 3.14. The van der Waals surface area contributed by atoms with Gasteiger partial charge in [0.15, 0.2) is 0 Å². The van der Waals surface area contributed by atoms with E-state index in [-0.39, 0.29) is 5.69 Å². The Bertz CT molecular complexity index is 753. The average Bonchev–Trinajstić information content (AvgIpc) is 2.62. The van der Waals surface area contributed by atoms with Crippen molar-refractivity contribution in [3.05, 3.63) is 69.8 Å². The quantitative estimate of drug-likeness (QED) is 0.668. The fraction of sp³-hybridized carbons (Fsp3) is 0.333. The molecule has 0 radical (unpaired) electrons. The number of piperazine rings is 1. The van der Waals surface area contributed by atoms with Gasteiger partial charge in [0.1, 0.15) is 6.54 Å². The summed E-state index contributed by atoms with van der Waals surface area (Å²) in [6, 6.07) is 11.8. The molecule has 0 bridgehead atoms.